The molecule has 0 saturated carbocycles. The number of aryl methyl sites for hydroxylation is 2. The van der Waals surface area contributed by atoms with E-state index in [1.807, 2.05) is 14.0 Å². The molecule has 1 amide bonds. The molecule has 2 aliphatic rings. The number of nitrogens with zero attached hydrogens (tertiary/aromatic N) is 3. The van der Waals surface area contributed by atoms with Crippen LogP contribution >= 0.6 is 0 Å². The molecule has 0 bridgehead atoms. The van der Waals surface area contributed by atoms with Gasteiger partial charge in [-0.25, -0.2) is 12.7 Å². The van der Waals surface area contributed by atoms with Gasteiger partial charge in [-0.05, 0) is 38.5 Å². The molecular formula is C17H28N4O3S. The van der Waals surface area contributed by atoms with E-state index in [0.717, 1.165) is 42.8 Å². The smallest absolute Gasteiger partial charge is 0.228 e. The lowest BCUT2D eigenvalue weighted by atomic mass is 9.97. The average Bonchev–Trinajstić information content (AvgIpc) is 3.15. The number of fused-ring (bicyclic) bond motifs is 1. The van der Waals surface area contributed by atoms with Gasteiger partial charge in [0, 0.05) is 31.6 Å². The van der Waals surface area contributed by atoms with Crippen LogP contribution in [-0.2, 0) is 34.7 Å². The highest BCUT2D eigenvalue weighted by Crippen LogP contribution is 2.29. The first kappa shape index (κ1) is 18.4. The molecule has 1 aliphatic heterocycles. The van der Waals surface area contributed by atoms with Crippen LogP contribution < -0.4 is 5.32 Å². The summed E-state index contributed by atoms with van der Waals surface area (Å²) in [5.74, 6) is 0.880. The second kappa shape index (κ2) is 7.45. The molecule has 3 rings (SSSR count). The zero-order valence-corrected chi connectivity index (χ0v) is 15.9. The maximum absolute atomic E-state index is 12.6. The lowest BCUT2D eigenvalue weighted by Gasteiger charge is -2.30. The van der Waals surface area contributed by atoms with E-state index in [0.29, 0.717) is 32.4 Å². The normalized spacial score (nSPS) is 19.1. The van der Waals surface area contributed by atoms with Crippen LogP contribution in [0.1, 0.15) is 50.3 Å². The largest absolute Gasteiger partial charge is 0.310 e. The van der Waals surface area contributed by atoms with Crippen LogP contribution in [0, 0.1) is 5.92 Å². The number of rotatable bonds is 6. The molecule has 140 valence electrons. The number of aromatic nitrogens is 2. The van der Waals surface area contributed by atoms with Crippen molar-refractivity contribution in [2.75, 3.05) is 24.2 Å². The predicted molar refractivity (Wildman–Crippen MR) is 96.9 cm³/mol. The zero-order chi connectivity index (χ0) is 18.0. The van der Waals surface area contributed by atoms with E-state index in [2.05, 4.69) is 10.4 Å². The number of hydrogen-bond acceptors (Lipinski definition) is 4. The lowest BCUT2D eigenvalue weighted by molar-refractivity contribution is -0.121. The molecule has 0 unspecified atom stereocenters. The predicted octanol–water partition coefficient (Wildman–Crippen LogP) is 1.69. The van der Waals surface area contributed by atoms with Crippen molar-refractivity contribution in [3.05, 3.63) is 11.3 Å². The van der Waals surface area contributed by atoms with E-state index in [-0.39, 0.29) is 17.6 Å². The number of sulfonamides is 1. The Bertz CT molecular complexity index is 733. The van der Waals surface area contributed by atoms with E-state index in [9.17, 15) is 13.2 Å². The van der Waals surface area contributed by atoms with Gasteiger partial charge in [-0.2, -0.15) is 5.10 Å². The summed E-state index contributed by atoms with van der Waals surface area (Å²) in [6.45, 7) is 2.86. The SMILES string of the molecule is CCCCS(=O)(=O)N1CCC(C(=O)Nc2c3c(nn2C)CCC3)CC1. The fourth-order valence-electron chi connectivity index (χ4n) is 3.75. The molecule has 0 aromatic carbocycles. The van der Waals surface area contributed by atoms with Crippen molar-refractivity contribution in [2.24, 2.45) is 13.0 Å². The Hall–Kier alpha value is -1.41. The monoisotopic (exact) mass is 368 g/mol. The summed E-state index contributed by atoms with van der Waals surface area (Å²) in [7, 11) is -1.31. The Morgan fingerprint density at radius 3 is 2.68 bits per heavy atom. The zero-order valence-electron chi connectivity index (χ0n) is 15.1. The Labute approximate surface area is 149 Å². The first-order valence-corrected chi connectivity index (χ1v) is 10.9. The van der Waals surface area contributed by atoms with E-state index in [4.69, 9.17) is 0 Å². The topological polar surface area (TPSA) is 84.3 Å². The first-order chi connectivity index (χ1) is 11.9. The van der Waals surface area contributed by atoms with Gasteiger partial charge in [-0.15, -0.1) is 0 Å². The van der Waals surface area contributed by atoms with Gasteiger partial charge in [0.2, 0.25) is 15.9 Å². The third-order valence-electron chi connectivity index (χ3n) is 5.28. The first-order valence-electron chi connectivity index (χ1n) is 9.25. The van der Waals surface area contributed by atoms with Crippen LogP contribution in [0.4, 0.5) is 5.82 Å². The highest BCUT2D eigenvalue weighted by atomic mass is 32.2. The highest BCUT2D eigenvalue weighted by molar-refractivity contribution is 7.89. The van der Waals surface area contributed by atoms with Gasteiger partial charge in [0.1, 0.15) is 5.82 Å². The van der Waals surface area contributed by atoms with Crippen molar-refractivity contribution < 1.29 is 13.2 Å². The van der Waals surface area contributed by atoms with Crippen LogP contribution in [0.2, 0.25) is 0 Å². The maximum Gasteiger partial charge on any atom is 0.228 e. The summed E-state index contributed by atoms with van der Waals surface area (Å²) in [5.41, 5.74) is 2.25. The van der Waals surface area contributed by atoms with Crippen LogP contribution in [-0.4, -0.2) is 47.3 Å². The molecule has 0 radical (unpaired) electrons. The number of unbranched alkanes of at least 4 members (excludes halogenated alkanes) is 1. The Morgan fingerprint density at radius 2 is 2.00 bits per heavy atom. The van der Waals surface area contributed by atoms with Crippen LogP contribution in [0.5, 0.6) is 0 Å². The lowest BCUT2D eigenvalue weighted by Crippen LogP contribution is -2.42. The van der Waals surface area contributed by atoms with E-state index in [1.165, 1.54) is 0 Å². The number of amides is 1. The molecule has 1 N–H and O–H groups in total. The Kier molecular flexibility index (Phi) is 5.48. The fraction of sp³-hybridized carbons (Fsp3) is 0.765. The molecule has 25 heavy (non-hydrogen) atoms. The number of piperidine rings is 1. The maximum atomic E-state index is 12.6. The van der Waals surface area contributed by atoms with Gasteiger partial charge in [0.25, 0.3) is 0 Å². The summed E-state index contributed by atoms with van der Waals surface area (Å²) in [6.07, 6.45) is 5.76. The van der Waals surface area contributed by atoms with E-state index in [1.54, 1.807) is 8.99 Å². The molecule has 1 fully saturated rings. The van der Waals surface area contributed by atoms with Gasteiger partial charge < -0.3 is 5.32 Å². The van der Waals surface area contributed by atoms with E-state index >= 15 is 0 Å². The summed E-state index contributed by atoms with van der Waals surface area (Å²) in [4.78, 5) is 12.6. The summed E-state index contributed by atoms with van der Waals surface area (Å²) >= 11 is 0. The number of nitrogens with one attached hydrogen (secondary N) is 1. The number of hydrogen-bond donors (Lipinski definition) is 1. The molecule has 1 aliphatic carbocycles. The van der Waals surface area contributed by atoms with Crippen molar-refractivity contribution in [1.82, 2.24) is 14.1 Å². The quantitative estimate of drug-likeness (QED) is 0.828. The van der Waals surface area contributed by atoms with Gasteiger partial charge in [-0.1, -0.05) is 13.3 Å². The van der Waals surface area contributed by atoms with E-state index < -0.39 is 10.0 Å². The molecule has 1 saturated heterocycles. The summed E-state index contributed by atoms with van der Waals surface area (Å²) in [5, 5.41) is 7.52. The van der Waals surface area contributed by atoms with Crippen molar-refractivity contribution in [2.45, 2.75) is 51.9 Å². The van der Waals surface area contributed by atoms with Crippen molar-refractivity contribution >= 4 is 21.7 Å². The number of carbonyl (C=O) groups is 1. The van der Waals surface area contributed by atoms with Gasteiger partial charge in [-0.3, -0.25) is 9.48 Å². The molecular weight excluding hydrogens is 340 g/mol. The van der Waals surface area contributed by atoms with Gasteiger partial charge in [0.05, 0.1) is 11.4 Å². The molecule has 7 nitrogen and oxygen atoms in total. The number of carbonyl (C=O) groups excluding carboxylic acids is 1. The minimum Gasteiger partial charge on any atom is -0.310 e. The van der Waals surface area contributed by atoms with Gasteiger partial charge in [0.15, 0.2) is 0 Å². The minimum absolute atomic E-state index is 0.0108. The number of anilines is 1. The standard InChI is InChI=1S/C17H28N4O3S/c1-3-4-12-25(23,24)21-10-8-13(9-11-21)17(22)18-16-14-6-5-7-15(14)19-20(16)2/h13H,3-12H2,1-2H3,(H,18,22). The molecule has 8 heteroatoms. The molecule has 1 aromatic heterocycles. The second-order valence-corrected chi connectivity index (χ2v) is 9.17. The summed E-state index contributed by atoms with van der Waals surface area (Å²) < 4.78 is 27.8. The Morgan fingerprint density at radius 1 is 1.28 bits per heavy atom. The molecule has 2 heterocycles. The van der Waals surface area contributed by atoms with Crippen LogP contribution in [0.3, 0.4) is 0 Å². The Balaban J connectivity index is 1.57. The third-order valence-corrected chi connectivity index (χ3v) is 7.24. The molecule has 0 atom stereocenters. The van der Waals surface area contributed by atoms with Gasteiger partial charge >= 0.3 is 0 Å². The summed E-state index contributed by atoms with van der Waals surface area (Å²) in [6, 6.07) is 0. The average molecular weight is 369 g/mol. The fourth-order valence-corrected chi connectivity index (χ4v) is 5.43. The van der Waals surface area contributed by atoms with Crippen LogP contribution in [0.15, 0.2) is 0 Å². The second-order valence-electron chi connectivity index (χ2n) is 7.08. The highest BCUT2D eigenvalue weighted by Gasteiger charge is 2.32. The third kappa shape index (κ3) is 3.89. The van der Waals surface area contributed by atoms with Crippen molar-refractivity contribution in [3.63, 3.8) is 0 Å². The minimum atomic E-state index is -3.17. The van der Waals surface area contributed by atoms with Crippen molar-refractivity contribution in [3.8, 4) is 0 Å². The molecule has 0 spiro atoms. The molecule has 1 aromatic rings. The van der Waals surface area contributed by atoms with Crippen LogP contribution in [0.25, 0.3) is 0 Å². The van der Waals surface area contributed by atoms with Crippen molar-refractivity contribution in [1.29, 1.82) is 0 Å².